The van der Waals surface area contributed by atoms with E-state index in [0.29, 0.717) is 0 Å². The van der Waals surface area contributed by atoms with Gasteiger partial charge in [-0.05, 0) is 50.4 Å². The molecule has 0 radical (unpaired) electrons. The van der Waals surface area contributed by atoms with E-state index in [4.69, 9.17) is 0 Å². The first kappa shape index (κ1) is 13.7. The molecule has 0 aromatic carbocycles. The number of aliphatic carboxylic acids is 2. The molecule has 0 heterocycles. The Balaban J connectivity index is 2.09. The van der Waals surface area contributed by atoms with Crippen molar-refractivity contribution in [3.8, 4) is 0 Å². The standard InChI is InChI=1S/C16H22O4/c17-15(18)13-11-7-3-1-5-9(11)10-6-2-4-8-12(10)14(13)16(19)20/h11-14H,1-8H2,(H,17,18)(H,19,20)/t11-,12-,13-,14-/m0/s1. The molecular formula is C16H22O4. The van der Waals surface area contributed by atoms with Crippen LogP contribution in [0.4, 0.5) is 0 Å². The van der Waals surface area contributed by atoms with Crippen LogP contribution < -0.4 is 0 Å². The van der Waals surface area contributed by atoms with E-state index in [-0.39, 0.29) is 11.8 Å². The molecule has 0 aromatic heterocycles. The Morgan fingerprint density at radius 2 is 1.15 bits per heavy atom. The number of allylic oxidation sites excluding steroid dienone is 2. The van der Waals surface area contributed by atoms with Crippen molar-refractivity contribution in [2.45, 2.75) is 51.4 Å². The normalized spacial score (nSPS) is 37.0. The Labute approximate surface area is 118 Å². The van der Waals surface area contributed by atoms with Gasteiger partial charge in [-0.25, -0.2) is 0 Å². The average Bonchev–Trinajstić information content (AvgIpc) is 2.45. The maximum Gasteiger partial charge on any atom is 0.308 e. The van der Waals surface area contributed by atoms with Gasteiger partial charge in [-0.2, -0.15) is 0 Å². The highest BCUT2D eigenvalue weighted by Crippen LogP contribution is 2.52. The van der Waals surface area contributed by atoms with E-state index in [0.717, 1.165) is 51.4 Å². The molecule has 20 heavy (non-hydrogen) atoms. The molecule has 2 N–H and O–H groups in total. The summed E-state index contributed by atoms with van der Waals surface area (Å²) in [6, 6.07) is 0. The predicted octanol–water partition coefficient (Wildman–Crippen LogP) is 3.08. The number of hydrogen-bond donors (Lipinski definition) is 2. The third-order valence-corrected chi connectivity index (χ3v) is 5.55. The van der Waals surface area contributed by atoms with Gasteiger partial charge in [0.05, 0.1) is 11.8 Å². The molecule has 0 unspecified atom stereocenters. The van der Waals surface area contributed by atoms with Crippen LogP contribution in [0.15, 0.2) is 11.1 Å². The molecule has 3 aliphatic rings. The van der Waals surface area contributed by atoms with Crippen molar-refractivity contribution < 1.29 is 19.8 Å². The van der Waals surface area contributed by atoms with E-state index in [9.17, 15) is 19.8 Å². The summed E-state index contributed by atoms with van der Waals surface area (Å²) in [6.07, 6.45) is 8.01. The fourth-order valence-corrected chi connectivity index (χ4v) is 4.82. The number of rotatable bonds is 2. The van der Waals surface area contributed by atoms with E-state index in [1.54, 1.807) is 0 Å². The van der Waals surface area contributed by atoms with E-state index in [2.05, 4.69) is 0 Å². The van der Waals surface area contributed by atoms with Gasteiger partial charge in [0.25, 0.3) is 0 Å². The molecule has 2 fully saturated rings. The fourth-order valence-electron chi connectivity index (χ4n) is 4.82. The van der Waals surface area contributed by atoms with Crippen molar-refractivity contribution in [2.75, 3.05) is 0 Å². The van der Waals surface area contributed by atoms with Crippen LogP contribution in [0.3, 0.4) is 0 Å². The van der Waals surface area contributed by atoms with Gasteiger partial charge >= 0.3 is 11.9 Å². The second-order valence-electron chi connectivity index (χ2n) is 6.48. The Morgan fingerprint density at radius 3 is 1.50 bits per heavy atom. The lowest BCUT2D eigenvalue weighted by atomic mass is 9.57. The largest absolute Gasteiger partial charge is 0.481 e. The molecule has 0 aliphatic heterocycles. The average molecular weight is 278 g/mol. The molecular weight excluding hydrogens is 256 g/mol. The van der Waals surface area contributed by atoms with Crippen LogP contribution in [0.25, 0.3) is 0 Å². The van der Waals surface area contributed by atoms with Crippen molar-refractivity contribution in [1.29, 1.82) is 0 Å². The number of carboxylic acid groups (broad SMARTS) is 2. The third kappa shape index (κ3) is 2.05. The van der Waals surface area contributed by atoms with Crippen molar-refractivity contribution in [2.24, 2.45) is 23.7 Å². The zero-order valence-electron chi connectivity index (χ0n) is 11.7. The van der Waals surface area contributed by atoms with Crippen LogP contribution >= 0.6 is 0 Å². The summed E-state index contributed by atoms with van der Waals surface area (Å²) in [5, 5.41) is 19.2. The quantitative estimate of drug-likeness (QED) is 0.761. The first-order chi connectivity index (χ1) is 9.61. The molecule has 0 spiro atoms. The van der Waals surface area contributed by atoms with Gasteiger partial charge in [-0.1, -0.05) is 24.0 Å². The van der Waals surface area contributed by atoms with Crippen LogP contribution in [0, 0.1) is 23.7 Å². The second kappa shape index (κ2) is 5.23. The molecule has 0 saturated heterocycles. The van der Waals surface area contributed by atoms with Crippen LogP contribution in [0.2, 0.25) is 0 Å². The SMILES string of the molecule is O=C(O)[C@@H]1[C@@H](C(=O)O)[C@H]2CCCCC2=C2CCCC[C@@H]21. The molecule has 0 amide bonds. The predicted molar refractivity (Wildman–Crippen MR) is 73.2 cm³/mol. The van der Waals surface area contributed by atoms with Crippen LogP contribution in [-0.2, 0) is 9.59 Å². The topological polar surface area (TPSA) is 74.6 Å². The fraction of sp³-hybridized carbons (Fsp3) is 0.750. The highest BCUT2D eigenvalue weighted by Gasteiger charge is 2.51. The zero-order chi connectivity index (χ0) is 14.3. The highest BCUT2D eigenvalue weighted by molar-refractivity contribution is 5.82. The Bertz CT molecular complexity index is 423. The van der Waals surface area contributed by atoms with Crippen LogP contribution in [0.1, 0.15) is 51.4 Å². The lowest BCUT2D eigenvalue weighted by molar-refractivity contribution is -0.159. The Kier molecular flexibility index (Phi) is 3.57. The third-order valence-electron chi connectivity index (χ3n) is 5.55. The summed E-state index contributed by atoms with van der Waals surface area (Å²) in [4.78, 5) is 23.4. The number of fused-ring (bicyclic) bond motifs is 2. The maximum atomic E-state index is 11.7. The molecule has 3 rings (SSSR count). The molecule has 110 valence electrons. The van der Waals surface area contributed by atoms with Gasteiger partial charge in [0.2, 0.25) is 0 Å². The lowest BCUT2D eigenvalue weighted by Crippen LogP contribution is -2.46. The van der Waals surface area contributed by atoms with Gasteiger partial charge in [-0.15, -0.1) is 0 Å². The monoisotopic (exact) mass is 278 g/mol. The van der Waals surface area contributed by atoms with E-state index < -0.39 is 23.8 Å². The van der Waals surface area contributed by atoms with Crippen molar-refractivity contribution in [1.82, 2.24) is 0 Å². The van der Waals surface area contributed by atoms with Gasteiger partial charge < -0.3 is 10.2 Å². The van der Waals surface area contributed by atoms with Crippen LogP contribution in [-0.4, -0.2) is 22.2 Å². The minimum Gasteiger partial charge on any atom is -0.481 e. The summed E-state index contributed by atoms with van der Waals surface area (Å²) in [6.45, 7) is 0. The molecule has 4 atom stereocenters. The van der Waals surface area contributed by atoms with Gasteiger partial charge in [0.1, 0.15) is 0 Å². The minimum atomic E-state index is -0.911. The molecule has 2 saturated carbocycles. The van der Waals surface area contributed by atoms with Crippen molar-refractivity contribution in [3.63, 3.8) is 0 Å². The van der Waals surface area contributed by atoms with E-state index in [1.165, 1.54) is 11.1 Å². The first-order valence-corrected chi connectivity index (χ1v) is 7.78. The second-order valence-corrected chi connectivity index (χ2v) is 6.48. The van der Waals surface area contributed by atoms with Crippen molar-refractivity contribution in [3.05, 3.63) is 11.1 Å². The van der Waals surface area contributed by atoms with E-state index in [1.807, 2.05) is 0 Å². The minimum absolute atomic E-state index is 0.0216. The summed E-state index contributed by atoms with van der Waals surface area (Å²) in [5.74, 6) is -3.29. The summed E-state index contributed by atoms with van der Waals surface area (Å²) < 4.78 is 0. The van der Waals surface area contributed by atoms with Crippen molar-refractivity contribution >= 4 is 11.9 Å². The molecule has 4 heteroatoms. The summed E-state index contributed by atoms with van der Waals surface area (Å²) in [5.41, 5.74) is 2.65. The summed E-state index contributed by atoms with van der Waals surface area (Å²) in [7, 11) is 0. The lowest BCUT2D eigenvalue weighted by Gasteiger charge is -2.46. The number of carboxylic acids is 2. The maximum absolute atomic E-state index is 11.7. The zero-order valence-corrected chi connectivity index (χ0v) is 11.7. The van der Waals surface area contributed by atoms with Gasteiger partial charge in [0.15, 0.2) is 0 Å². The van der Waals surface area contributed by atoms with Crippen LogP contribution in [0.5, 0.6) is 0 Å². The molecule has 0 bridgehead atoms. The van der Waals surface area contributed by atoms with E-state index >= 15 is 0 Å². The highest BCUT2D eigenvalue weighted by atomic mass is 16.4. The van der Waals surface area contributed by atoms with Gasteiger partial charge in [-0.3, -0.25) is 9.59 Å². The molecule has 4 nitrogen and oxygen atoms in total. The molecule has 3 aliphatic carbocycles. The number of carbonyl (C=O) groups is 2. The first-order valence-electron chi connectivity index (χ1n) is 7.78. The molecule has 0 aromatic rings. The Hall–Kier alpha value is -1.32. The van der Waals surface area contributed by atoms with Gasteiger partial charge in [0, 0.05) is 0 Å². The summed E-state index contributed by atoms with van der Waals surface area (Å²) >= 11 is 0. The smallest absolute Gasteiger partial charge is 0.308 e. The Morgan fingerprint density at radius 1 is 0.750 bits per heavy atom. The number of hydrogen-bond acceptors (Lipinski definition) is 2.